The molecule has 5 nitrogen and oxygen atoms in total. The van der Waals surface area contributed by atoms with Gasteiger partial charge in [0, 0.05) is 19.3 Å². The van der Waals surface area contributed by atoms with Gasteiger partial charge in [-0.05, 0) is 30.5 Å². The number of rotatable bonds is 6. The van der Waals surface area contributed by atoms with Crippen LogP contribution in [0.1, 0.15) is 25.3 Å². The maximum absolute atomic E-state index is 11.7. The number of nitrogens with one attached hydrogen (secondary N) is 1. The predicted molar refractivity (Wildman–Crippen MR) is 78.4 cm³/mol. The first-order chi connectivity index (χ1) is 9.58. The number of benzene rings is 1. The number of nitrogens with zero attached hydrogens (tertiary/aromatic N) is 1. The third-order valence-corrected chi connectivity index (χ3v) is 3.01. The molecule has 1 aromatic carbocycles. The monoisotopic (exact) mass is 278 g/mol. The lowest BCUT2D eigenvalue weighted by molar-refractivity contribution is -0.142. The average Bonchev–Trinajstić information content (AvgIpc) is 2.46. The highest BCUT2D eigenvalue weighted by Gasteiger charge is 2.18. The molecular weight excluding hydrogens is 256 g/mol. The van der Waals surface area contributed by atoms with E-state index in [0.717, 1.165) is 19.3 Å². The number of likely N-dealkylation sites (N-methyl/N-ethyl adjacent to an activating group) is 1. The Kier molecular flexibility index (Phi) is 6.73. The number of unbranched alkanes of at least 4 members (excludes halogenated alkanes) is 1. The maximum atomic E-state index is 11.7. The summed E-state index contributed by atoms with van der Waals surface area (Å²) >= 11 is 0. The summed E-state index contributed by atoms with van der Waals surface area (Å²) in [6.07, 6.45) is 3.29. The second kappa shape index (κ2) is 8.32. The Morgan fingerprint density at radius 1 is 1.25 bits per heavy atom. The van der Waals surface area contributed by atoms with Gasteiger partial charge in [0.25, 0.3) is 0 Å². The average molecular weight is 278 g/mol. The lowest BCUT2D eigenvalue weighted by Gasteiger charge is -2.15. The Labute approximate surface area is 119 Å². The summed E-state index contributed by atoms with van der Waals surface area (Å²) in [5.41, 5.74) is 1.81. The number of aliphatic hydroxyl groups excluding tert-OH is 1. The Bertz CT molecular complexity index is 443. The molecule has 0 saturated carbocycles. The molecule has 0 spiro atoms. The molecule has 1 aromatic rings. The van der Waals surface area contributed by atoms with Crippen LogP contribution in [0.4, 0.5) is 5.69 Å². The zero-order valence-electron chi connectivity index (χ0n) is 12.1. The number of anilines is 1. The van der Waals surface area contributed by atoms with Crippen LogP contribution in [0.5, 0.6) is 0 Å². The quantitative estimate of drug-likeness (QED) is 0.773. The lowest BCUT2D eigenvalue weighted by Crippen LogP contribution is -2.38. The fourth-order valence-corrected chi connectivity index (χ4v) is 1.75. The van der Waals surface area contributed by atoms with E-state index in [9.17, 15) is 9.59 Å². The van der Waals surface area contributed by atoms with Gasteiger partial charge in [-0.2, -0.15) is 0 Å². The third kappa shape index (κ3) is 5.01. The van der Waals surface area contributed by atoms with Gasteiger partial charge in [0.1, 0.15) is 0 Å². The number of aryl methyl sites for hydroxylation is 1. The van der Waals surface area contributed by atoms with Crippen molar-refractivity contribution in [2.24, 2.45) is 0 Å². The maximum Gasteiger partial charge on any atom is 0.313 e. The minimum Gasteiger partial charge on any atom is -0.395 e. The molecule has 0 saturated heterocycles. The minimum absolute atomic E-state index is 0.141. The van der Waals surface area contributed by atoms with Crippen LogP contribution in [0.15, 0.2) is 24.3 Å². The van der Waals surface area contributed by atoms with Gasteiger partial charge in [-0.15, -0.1) is 0 Å². The van der Waals surface area contributed by atoms with E-state index < -0.39 is 11.8 Å². The first kappa shape index (κ1) is 16.2. The fraction of sp³-hybridized carbons (Fsp3) is 0.467. The SMILES string of the molecule is CCCCc1ccc(NC(=O)C(=O)N(C)CCO)cc1. The normalized spacial score (nSPS) is 10.2. The van der Waals surface area contributed by atoms with Crippen LogP contribution < -0.4 is 5.32 Å². The Morgan fingerprint density at radius 3 is 2.45 bits per heavy atom. The molecule has 0 bridgehead atoms. The first-order valence-electron chi connectivity index (χ1n) is 6.84. The van der Waals surface area contributed by atoms with Crippen molar-refractivity contribution in [2.45, 2.75) is 26.2 Å². The molecule has 0 aromatic heterocycles. The highest BCUT2D eigenvalue weighted by molar-refractivity contribution is 6.39. The van der Waals surface area contributed by atoms with E-state index in [1.54, 1.807) is 12.1 Å². The molecule has 110 valence electrons. The van der Waals surface area contributed by atoms with Crippen LogP contribution >= 0.6 is 0 Å². The van der Waals surface area contributed by atoms with Crippen LogP contribution in [0.2, 0.25) is 0 Å². The highest BCUT2D eigenvalue weighted by Crippen LogP contribution is 2.11. The third-order valence-electron chi connectivity index (χ3n) is 3.01. The molecule has 0 radical (unpaired) electrons. The van der Waals surface area contributed by atoms with Crippen LogP contribution in [-0.2, 0) is 16.0 Å². The van der Waals surface area contributed by atoms with Gasteiger partial charge in [0.15, 0.2) is 0 Å². The van der Waals surface area contributed by atoms with E-state index in [0.29, 0.717) is 5.69 Å². The topological polar surface area (TPSA) is 69.6 Å². The van der Waals surface area contributed by atoms with Crippen LogP contribution in [0, 0.1) is 0 Å². The van der Waals surface area contributed by atoms with Crippen molar-refractivity contribution in [1.82, 2.24) is 4.90 Å². The minimum atomic E-state index is -0.692. The van der Waals surface area contributed by atoms with E-state index in [1.165, 1.54) is 17.5 Å². The first-order valence-corrected chi connectivity index (χ1v) is 6.84. The van der Waals surface area contributed by atoms with E-state index in [-0.39, 0.29) is 13.2 Å². The molecule has 0 atom stereocenters. The van der Waals surface area contributed by atoms with Gasteiger partial charge < -0.3 is 15.3 Å². The van der Waals surface area contributed by atoms with Crippen molar-refractivity contribution < 1.29 is 14.7 Å². The van der Waals surface area contributed by atoms with Gasteiger partial charge in [0.2, 0.25) is 0 Å². The summed E-state index contributed by atoms with van der Waals surface area (Å²) in [6.45, 7) is 2.12. The zero-order chi connectivity index (χ0) is 15.0. The van der Waals surface area contributed by atoms with Crippen molar-refractivity contribution in [3.63, 3.8) is 0 Å². The molecule has 0 aliphatic heterocycles. The van der Waals surface area contributed by atoms with Crippen molar-refractivity contribution in [2.75, 3.05) is 25.5 Å². The summed E-state index contributed by atoms with van der Waals surface area (Å²) < 4.78 is 0. The Morgan fingerprint density at radius 2 is 1.90 bits per heavy atom. The number of amides is 2. The molecule has 2 amide bonds. The summed E-state index contributed by atoms with van der Waals surface area (Å²) in [4.78, 5) is 24.5. The van der Waals surface area contributed by atoms with Crippen LogP contribution in [0.25, 0.3) is 0 Å². The number of carbonyl (C=O) groups is 2. The molecule has 1 rings (SSSR count). The largest absolute Gasteiger partial charge is 0.395 e. The van der Waals surface area contributed by atoms with E-state index in [1.807, 2.05) is 12.1 Å². The van der Waals surface area contributed by atoms with Crippen LogP contribution in [-0.4, -0.2) is 42.0 Å². The van der Waals surface area contributed by atoms with Crippen LogP contribution in [0.3, 0.4) is 0 Å². The van der Waals surface area contributed by atoms with E-state index >= 15 is 0 Å². The summed E-state index contributed by atoms with van der Waals surface area (Å²) in [7, 11) is 1.48. The molecule has 0 fully saturated rings. The molecule has 0 aliphatic rings. The predicted octanol–water partition coefficient (Wildman–Crippen LogP) is 1.42. The molecule has 2 N–H and O–H groups in total. The van der Waals surface area contributed by atoms with E-state index in [2.05, 4.69) is 12.2 Å². The standard InChI is InChI=1S/C15H22N2O3/c1-3-4-5-12-6-8-13(9-7-12)16-14(19)15(20)17(2)10-11-18/h6-9,18H,3-5,10-11H2,1-2H3,(H,16,19). The molecular formula is C15H22N2O3. The van der Waals surface area contributed by atoms with Crippen molar-refractivity contribution >= 4 is 17.5 Å². The Balaban J connectivity index is 2.55. The number of hydrogen-bond acceptors (Lipinski definition) is 3. The van der Waals surface area contributed by atoms with Gasteiger partial charge in [-0.1, -0.05) is 25.5 Å². The van der Waals surface area contributed by atoms with Crippen molar-refractivity contribution in [1.29, 1.82) is 0 Å². The molecule has 0 unspecified atom stereocenters. The molecule has 5 heteroatoms. The van der Waals surface area contributed by atoms with Gasteiger partial charge in [-0.3, -0.25) is 9.59 Å². The summed E-state index contributed by atoms with van der Waals surface area (Å²) in [5.74, 6) is -1.35. The van der Waals surface area contributed by atoms with Gasteiger partial charge in [-0.25, -0.2) is 0 Å². The second-order valence-electron chi connectivity index (χ2n) is 4.70. The summed E-state index contributed by atoms with van der Waals surface area (Å²) in [5, 5.41) is 11.3. The fourth-order valence-electron chi connectivity index (χ4n) is 1.75. The lowest BCUT2D eigenvalue weighted by atomic mass is 10.1. The number of carbonyl (C=O) groups excluding carboxylic acids is 2. The van der Waals surface area contributed by atoms with Crippen molar-refractivity contribution in [3.05, 3.63) is 29.8 Å². The van der Waals surface area contributed by atoms with E-state index in [4.69, 9.17) is 5.11 Å². The highest BCUT2D eigenvalue weighted by atomic mass is 16.3. The molecule has 20 heavy (non-hydrogen) atoms. The molecule has 0 aliphatic carbocycles. The molecule has 0 heterocycles. The number of hydrogen-bond donors (Lipinski definition) is 2. The Hall–Kier alpha value is -1.88. The van der Waals surface area contributed by atoms with Gasteiger partial charge in [0.05, 0.1) is 6.61 Å². The number of aliphatic hydroxyl groups is 1. The van der Waals surface area contributed by atoms with Gasteiger partial charge >= 0.3 is 11.8 Å². The zero-order valence-corrected chi connectivity index (χ0v) is 12.1. The second-order valence-corrected chi connectivity index (χ2v) is 4.70. The van der Waals surface area contributed by atoms with Crippen molar-refractivity contribution in [3.8, 4) is 0 Å². The smallest absolute Gasteiger partial charge is 0.313 e. The summed E-state index contributed by atoms with van der Waals surface area (Å²) in [6, 6.07) is 7.49.